The molecular formula is C11H13NO2. The van der Waals surface area contributed by atoms with Gasteiger partial charge in [-0.1, -0.05) is 12.1 Å². The van der Waals surface area contributed by atoms with Gasteiger partial charge < -0.3 is 4.74 Å². The van der Waals surface area contributed by atoms with E-state index in [-0.39, 0.29) is 6.04 Å². The van der Waals surface area contributed by atoms with Crippen LogP contribution in [0.15, 0.2) is 29.3 Å². The van der Waals surface area contributed by atoms with Crippen LogP contribution in [0.3, 0.4) is 0 Å². The molecule has 0 fully saturated rings. The maximum absolute atomic E-state index is 10.0. The smallest absolute Gasteiger partial charge is 0.235 e. The molecule has 0 radical (unpaired) electrons. The highest BCUT2D eigenvalue weighted by molar-refractivity contribution is 5.36. The van der Waals surface area contributed by atoms with Gasteiger partial charge in [0.1, 0.15) is 5.75 Å². The molecule has 1 aromatic carbocycles. The lowest BCUT2D eigenvalue weighted by Gasteiger charge is -2.06. The van der Waals surface area contributed by atoms with E-state index >= 15 is 0 Å². The van der Waals surface area contributed by atoms with Gasteiger partial charge in [-0.05, 0) is 31.5 Å². The summed E-state index contributed by atoms with van der Waals surface area (Å²) in [7, 11) is 0. The zero-order chi connectivity index (χ0) is 10.4. The van der Waals surface area contributed by atoms with Gasteiger partial charge in [0, 0.05) is 0 Å². The van der Waals surface area contributed by atoms with Crippen LogP contribution in [-0.4, -0.2) is 12.7 Å². The number of benzene rings is 1. The largest absolute Gasteiger partial charge is 0.494 e. The fraction of sp³-hybridized carbons (Fsp3) is 0.364. The second-order valence-corrected chi connectivity index (χ2v) is 2.90. The lowest BCUT2D eigenvalue weighted by molar-refractivity contribution is 0.340. The van der Waals surface area contributed by atoms with E-state index in [0.29, 0.717) is 6.61 Å². The summed E-state index contributed by atoms with van der Waals surface area (Å²) >= 11 is 0. The lowest BCUT2D eigenvalue weighted by atomic mass is 10.1. The Labute approximate surface area is 83.4 Å². The van der Waals surface area contributed by atoms with Crippen molar-refractivity contribution in [2.24, 2.45) is 4.99 Å². The predicted molar refractivity (Wildman–Crippen MR) is 54.1 cm³/mol. The Morgan fingerprint density at radius 2 is 2.07 bits per heavy atom. The van der Waals surface area contributed by atoms with Crippen molar-refractivity contribution in [2.45, 2.75) is 19.9 Å². The van der Waals surface area contributed by atoms with E-state index in [1.807, 2.05) is 38.1 Å². The van der Waals surface area contributed by atoms with Crippen LogP contribution in [0.5, 0.6) is 5.75 Å². The van der Waals surface area contributed by atoms with Gasteiger partial charge in [0.15, 0.2) is 0 Å². The Morgan fingerprint density at radius 3 is 2.57 bits per heavy atom. The normalized spacial score (nSPS) is 11.6. The molecule has 0 aliphatic rings. The molecule has 3 nitrogen and oxygen atoms in total. The number of hydrogen-bond acceptors (Lipinski definition) is 3. The minimum atomic E-state index is -0.136. The Kier molecular flexibility index (Phi) is 3.89. The van der Waals surface area contributed by atoms with Gasteiger partial charge in [0.2, 0.25) is 6.08 Å². The third-order valence-electron chi connectivity index (χ3n) is 1.92. The number of rotatable bonds is 4. The van der Waals surface area contributed by atoms with Gasteiger partial charge in [0.25, 0.3) is 0 Å². The molecule has 3 heteroatoms. The second-order valence-electron chi connectivity index (χ2n) is 2.90. The van der Waals surface area contributed by atoms with E-state index in [1.165, 1.54) is 0 Å². The molecule has 1 aromatic rings. The molecule has 0 aliphatic carbocycles. The minimum Gasteiger partial charge on any atom is -0.494 e. The van der Waals surface area contributed by atoms with Crippen LogP contribution in [0, 0.1) is 0 Å². The van der Waals surface area contributed by atoms with Crippen molar-refractivity contribution in [3.05, 3.63) is 29.8 Å². The van der Waals surface area contributed by atoms with E-state index in [0.717, 1.165) is 11.3 Å². The zero-order valence-electron chi connectivity index (χ0n) is 8.36. The van der Waals surface area contributed by atoms with E-state index in [4.69, 9.17) is 4.74 Å². The number of hydrogen-bond donors (Lipinski definition) is 0. The minimum absolute atomic E-state index is 0.136. The van der Waals surface area contributed by atoms with Gasteiger partial charge in [-0.25, -0.2) is 4.79 Å². The number of ether oxygens (including phenoxy) is 1. The zero-order valence-corrected chi connectivity index (χ0v) is 8.36. The number of aliphatic imine (C=N–C) groups is 1. The van der Waals surface area contributed by atoms with Crippen molar-refractivity contribution < 1.29 is 9.53 Å². The predicted octanol–water partition coefficient (Wildman–Crippen LogP) is 2.48. The maximum atomic E-state index is 10.0. The van der Waals surface area contributed by atoms with Crippen LogP contribution in [0.2, 0.25) is 0 Å². The van der Waals surface area contributed by atoms with Crippen LogP contribution in [0.25, 0.3) is 0 Å². The highest BCUT2D eigenvalue weighted by Gasteiger charge is 2.02. The second kappa shape index (κ2) is 5.20. The first-order valence-electron chi connectivity index (χ1n) is 4.57. The molecule has 1 rings (SSSR count). The molecule has 0 bridgehead atoms. The summed E-state index contributed by atoms with van der Waals surface area (Å²) in [6.07, 6.45) is 1.55. The summed E-state index contributed by atoms with van der Waals surface area (Å²) in [5.41, 5.74) is 0.983. The molecule has 0 N–H and O–H groups in total. The van der Waals surface area contributed by atoms with Crippen molar-refractivity contribution >= 4 is 6.08 Å². The molecule has 0 saturated heterocycles. The summed E-state index contributed by atoms with van der Waals surface area (Å²) in [6.45, 7) is 4.44. The quantitative estimate of drug-likeness (QED) is 0.541. The third kappa shape index (κ3) is 2.71. The molecule has 1 atom stereocenters. The van der Waals surface area contributed by atoms with Crippen molar-refractivity contribution in [1.82, 2.24) is 0 Å². The topological polar surface area (TPSA) is 38.7 Å². The van der Waals surface area contributed by atoms with Crippen LogP contribution in [-0.2, 0) is 4.79 Å². The molecule has 14 heavy (non-hydrogen) atoms. The van der Waals surface area contributed by atoms with Gasteiger partial charge in [0.05, 0.1) is 12.6 Å². The Hall–Kier alpha value is -1.60. The number of carbonyl (C=O) groups excluding carboxylic acids is 1. The maximum Gasteiger partial charge on any atom is 0.235 e. The molecule has 74 valence electrons. The van der Waals surface area contributed by atoms with E-state index in [9.17, 15) is 4.79 Å². The third-order valence-corrected chi connectivity index (χ3v) is 1.92. The first-order valence-corrected chi connectivity index (χ1v) is 4.57. The van der Waals surface area contributed by atoms with Gasteiger partial charge in [-0.3, -0.25) is 0 Å². The summed E-state index contributed by atoms with van der Waals surface area (Å²) in [5, 5.41) is 0. The first kappa shape index (κ1) is 10.5. The Morgan fingerprint density at radius 1 is 1.43 bits per heavy atom. The van der Waals surface area contributed by atoms with Gasteiger partial charge >= 0.3 is 0 Å². The molecule has 0 spiro atoms. The average Bonchev–Trinajstić information content (AvgIpc) is 2.20. The lowest BCUT2D eigenvalue weighted by Crippen LogP contribution is -1.93. The van der Waals surface area contributed by atoms with Crippen LogP contribution in [0.4, 0.5) is 0 Å². The fourth-order valence-corrected chi connectivity index (χ4v) is 1.16. The van der Waals surface area contributed by atoms with E-state index in [1.54, 1.807) is 6.08 Å². The summed E-state index contributed by atoms with van der Waals surface area (Å²) < 4.78 is 5.29. The van der Waals surface area contributed by atoms with E-state index in [2.05, 4.69) is 4.99 Å². The highest BCUT2D eigenvalue weighted by atomic mass is 16.5. The van der Waals surface area contributed by atoms with Crippen molar-refractivity contribution in [1.29, 1.82) is 0 Å². The molecule has 0 heterocycles. The Balaban J connectivity index is 2.77. The monoisotopic (exact) mass is 191 g/mol. The van der Waals surface area contributed by atoms with Gasteiger partial charge in [-0.15, -0.1) is 0 Å². The van der Waals surface area contributed by atoms with Crippen molar-refractivity contribution in [3.8, 4) is 5.75 Å². The molecular weight excluding hydrogens is 178 g/mol. The summed E-state index contributed by atoms with van der Waals surface area (Å²) in [6, 6.07) is 7.40. The van der Waals surface area contributed by atoms with Crippen molar-refractivity contribution in [2.75, 3.05) is 6.61 Å². The highest BCUT2D eigenvalue weighted by Crippen LogP contribution is 2.19. The van der Waals surface area contributed by atoms with Crippen LogP contribution < -0.4 is 4.74 Å². The average molecular weight is 191 g/mol. The van der Waals surface area contributed by atoms with Gasteiger partial charge in [-0.2, -0.15) is 4.99 Å². The summed E-state index contributed by atoms with van der Waals surface area (Å²) in [5.74, 6) is 0.832. The fourth-order valence-electron chi connectivity index (χ4n) is 1.16. The number of isocyanates is 1. The first-order chi connectivity index (χ1) is 6.77. The SMILES string of the molecule is CCOc1ccc(C(C)N=C=O)cc1. The van der Waals surface area contributed by atoms with E-state index < -0.39 is 0 Å². The van der Waals surface area contributed by atoms with Crippen LogP contribution in [0.1, 0.15) is 25.5 Å². The standard InChI is InChI=1S/C11H13NO2/c1-3-14-11-6-4-10(5-7-11)9(2)12-8-13/h4-7,9H,3H2,1-2H3. The molecule has 0 saturated carbocycles. The van der Waals surface area contributed by atoms with Crippen LogP contribution >= 0.6 is 0 Å². The summed E-state index contributed by atoms with van der Waals surface area (Å²) in [4.78, 5) is 13.7. The number of nitrogens with zero attached hydrogens (tertiary/aromatic N) is 1. The van der Waals surface area contributed by atoms with Crippen molar-refractivity contribution in [3.63, 3.8) is 0 Å². The molecule has 0 aliphatic heterocycles. The molecule has 1 unspecified atom stereocenters. The molecule has 0 aromatic heterocycles. The Bertz CT molecular complexity index is 326. The molecule has 0 amide bonds.